The molecular weight excluding hydrogens is 587 g/mol. The Morgan fingerprint density at radius 2 is 1.64 bits per heavy atom. The van der Waals surface area contributed by atoms with E-state index < -0.39 is 51.4 Å². The fourth-order valence-electron chi connectivity index (χ4n) is 5.40. The molecule has 3 unspecified atom stereocenters. The summed E-state index contributed by atoms with van der Waals surface area (Å²) in [7, 11) is 0. The Morgan fingerprint density at radius 3 is 2.36 bits per heavy atom. The van der Waals surface area contributed by atoms with Crippen LogP contribution in [0.15, 0.2) is 88.7 Å². The van der Waals surface area contributed by atoms with E-state index in [1.807, 2.05) is 19.1 Å². The average molecular weight is 610 g/mol. The molecule has 3 atom stereocenters. The normalized spacial score (nSPS) is 19.9. The fraction of sp³-hybridized carbons (Fsp3) is 0.200. The van der Waals surface area contributed by atoms with E-state index in [9.17, 15) is 32.3 Å². The van der Waals surface area contributed by atoms with Crippen LogP contribution in [0.1, 0.15) is 27.5 Å². The summed E-state index contributed by atoms with van der Waals surface area (Å²) in [5, 5.41) is 2.19. The maximum Gasteiger partial charge on any atom is 0.416 e. The van der Waals surface area contributed by atoms with Crippen LogP contribution in [-0.2, 0) is 27.1 Å². The molecule has 1 aromatic heterocycles. The van der Waals surface area contributed by atoms with Gasteiger partial charge in [-0.25, -0.2) is 4.90 Å². The highest BCUT2D eigenvalue weighted by Crippen LogP contribution is 2.54. The maximum absolute atomic E-state index is 13.9. The number of nitrogens with one attached hydrogen (secondary N) is 1. The molecule has 1 N–H and O–H groups in total. The van der Waals surface area contributed by atoms with E-state index in [0.717, 1.165) is 51.8 Å². The van der Waals surface area contributed by atoms with E-state index in [1.165, 1.54) is 10.6 Å². The number of rotatable bonds is 5. The number of hydrogen-bond donors (Lipinski definition) is 1. The number of hydrogen-bond acceptors (Lipinski definition) is 6. The predicted octanol–water partition coefficient (Wildman–Crippen LogP) is 5.67. The van der Waals surface area contributed by atoms with Gasteiger partial charge in [-0.15, -0.1) is 0 Å². The lowest BCUT2D eigenvalue weighted by atomic mass is 9.83. The summed E-state index contributed by atoms with van der Waals surface area (Å²) in [6, 6.07) is 20.2. The molecule has 0 spiro atoms. The number of carbonyl (C=O) groups is 3. The minimum absolute atomic E-state index is 0.167. The van der Waals surface area contributed by atoms with Gasteiger partial charge in [-0.1, -0.05) is 77.7 Å². The Bertz CT molecular complexity index is 1780. The van der Waals surface area contributed by atoms with Crippen molar-refractivity contribution in [2.75, 3.05) is 10.2 Å². The Balaban J connectivity index is 1.40. The van der Waals surface area contributed by atoms with Gasteiger partial charge in [0.05, 0.1) is 22.2 Å². The number of carbonyl (C=O) groups excluding carboxylic acids is 3. The number of nitrogens with zero attached hydrogens (tertiary/aromatic N) is 2. The summed E-state index contributed by atoms with van der Waals surface area (Å²) >= 11 is 1.91. The second kappa shape index (κ2) is 10.6. The summed E-state index contributed by atoms with van der Waals surface area (Å²) in [6.07, 6.45) is -4.66. The van der Waals surface area contributed by atoms with Crippen molar-refractivity contribution in [3.05, 3.63) is 110 Å². The van der Waals surface area contributed by atoms with Crippen LogP contribution in [0.5, 0.6) is 0 Å². The SMILES string of the molecule is Cc1ccccc1NC(=O)Cn1c2c(sc1=O)C(c1ccccc1)C1C(=O)N(c3cccc(C(F)(F)F)c3)C(=O)C1S2. The van der Waals surface area contributed by atoms with Gasteiger partial charge in [0.15, 0.2) is 0 Å². The van der Waals surface area contributed by atoms with Crippen molar-refractivity contribution in [2.45, 2.75) is 35.8 Å². The number of thioether (sulfide) groups is 1. The topological polar surface area (TPSA) is 88.5 Å². The minimum atomic E-state index is -4.66. The third-order valence-corrected chi connectivity index (χ3v) is 9.96. The number of anilines is 2. The molecule has 214 valence electrons. The summed E-state index contributed by atoms with van der Waals surface area (Å²) < 4.78 is 41.7. The van der Waals surface area contributed by atoms with Gasteiger partial charge in [0.25, 0.3) is 0 Å². The van der Waals surface area contributed by atoms with Crippen LogP contribution in [0, 0.1) is 12.8 Å². The lowest BCUT2D eigenvalue weighted by Gasteiger charge is -2.30. The zero-order valence-electron chi connectivity index (χ0n) is 21.9. The Morgan fingerprint density at radius 1 is 0.929 bits per heavy atom. The van der Waals surface area contributed by atoms with Crippen molar-refractivity contribution in [3.8, 4) is 0 Å². The molecule has 3 amide bonds. The number of aromatic nitrogens is 1. The molecule has 3 heterocycles. The molecule has 4 aromatic rings. The van der Waals surface area contributed by atoms with Gasteiger partial charge in [-0.2, -0.15) is 13.2 Å². The van der Waals surface area contributed by atoms with Crippen LogP contribution in [0.25, 0.3) is 0 Å². The Hall–Kier alpha value is -4.16. The molecule has 0 saturated carbocycles. The molecular formula is C30H22F3N3O4S2. The number of fused-ring (bicyclic) bond motifs is 2. The van der Waals surface area contributed by atoms with Crippen molar-refractivity contribution < 1.29 is 27.6 Å². The van der Waals surface area contributed by atoms with E-state index in [1.54, 1.807) is 42.5 Å². The molecule has 2 aliphatic heterocycles. The first-order valence-corrected chi connectivity index (χ1v) is 14.6. The van der Waals surface area contributed by atoms with Gasteiger partial charge < -0.3 is 5.32 Å². The third-order valence-electron chi connectivity index (χ3n) is 7.36. The largest absolute Gasteiger partial charge is 0.416 e. The highest BCUT2D eigenvalue weighted by Gasteiger charge is 2.57. The van der Waals surface area contributed by atoms with E-state index in [2.05, 4.69) is 5.32 Å². The summed E-state index contributed by atoms with van der Waals surface area (Å²) in [5.74, 6) is -3.42. The quantitative estimate of drug-likeness (QED) is 0.295. The number of imide groups is 1. The van der Waals surface area contributed by atoms with Gasteiger partial charge in [0, 0.05) is 16.5 Å². The van der Waals surface area contributed by atoms with Gasteiger partial charge in [0.1, 0.15) is 11.8 Å². The molecule has 0 bridgehead atoms. The highest BCUT2D eigenvalue weighted by atomic mass is 32.2. The molecule has 2 aliphatic rings. The molecule has 1 saturated heterocycles. The number of alkyl halides is 3. The lowest BCUT2D eigenvalue weighted by molar-refractivity contribution is -0.137. The lowest BCUT2D eigenvalue weighted by Crippen LogP contribution is -2.33. The molecule has 3 aromatic carbocycles. The van der Waals surface area contributed by atoms with Crippen LogP contribution < -0.4 is 15.1 Å². The molecule has 42 heavy (non-hydrogen) atoms. The first-order chi connectivity index (χ1) is 20.0. The van der Waals surface area contributed by atoms with Crippen LogP contribution >= 0.6 is 23.1 Å². The minimum Gasteiger partial charge on any atom is -0.324 e. The van der Waals surface area contributed by atoms with E-state index in [0.29, 0.717) is 21.2 Å². The molecule has 0 aliphatic carbocycles. The zero-order valence-corrected chi connectivity index (χ0v) is 23.6. The summed E-state index contributed by atoms with van der Waals surface area (Å²) in [6.45, 7) is 1.53. The predicted molar refractivity (Wildman–Crippen MR) is 154 cm³/mol. The number of amides is 3. The van der Waals surface area contributed by atoms with Crippen molar-refractivity contribution in [3.63, 3.8) is 0 Å². The zero-order chi connectivity index (χ0) is 29.8. The molecule has 0 radical (unpaired) electrons. The Labute approximate surface area is 246 Å². The van der Waals surface area contributed by atoms with Crippen LogP contribution in [0.4, 0.5) is 24.5 Å². The van der Waals surface area contributed by atoms with Crippen LogP contribution in [-0.4, -0.2) is 27.5 Å². The second-order valence-corrected chi connectivity index (χ2v) is 12.1. The van der Waals surface area contributed by atoms with Crippen molar-refractivity contribution >= 4 is 52.2 Å². The van der Waals surface area contributed by atoms with Gasteiger partial charge in [-0.3, -0.25) is 23.7 Å². The van der Waals surface area contributed by atoms with Crippen molar-refractivity contribution in [1.82, 2.24) is 4.57 Å². The number of aryl methyl sites for hydroxylation is 1. The first-order valence-electron chi connectivity index (χ1n) is 12.9. The van der Waals surface area contributed by atoms with Crippen LogP contribution in [0.2, 0.25) is 0 Å². The fourth-order valence-corrected chi connectivity index (χ4v) is 8.17. The monoisotopic (exact) mass is 609 g/mol. The highest BCUT2D eigenvalue weighted by molar-refractivity contribution is 8.00. The number of thiazole rings is 1. The smallest absolute Gasteiger partial charge is 0.324 e. The van der Waals surface area contributed by atoms with Gasteiger partial charge >= 0.3 is 11.0 Å². The van der Waals surface area contributed by atoms with Crippen molar-refractivity contribution in [2.24, 2.45) is 5.92 Å². The van der Waals surface area contributed by atoms with E-state index in [-0.39, 0.29) is 12.2 Å². The maximum atomic E-state index is 13.9. The molecule has 6 rings (SSSR count). The summed E-state index contributed by atoms with van der Waals surface area (Å²) in [5.41, 5.74) is 0.980. The second-order valence-electron chi connectivity index (χ2n) is 10.00. The number of halogens is 3. The third kappa shape index (κ3) is 4.84. The first kappa shape index (κ1) is 28.0. The van der Waals surface area contributed by atoms with Crippen LogP contribution in [0.3, 0.4) is 0 Å². The molecule has 1 fully saturated rings. The van der Waals surface area contributed by atoms with Gasteiger partial charge in [-0.05, 0) is 42.3 Å². The Kier molecular flexibility index (Phi) is 7.06. The molecule has 12 heteroatoms. The average Bonchev–Trinajstić information content (AvgIpc) is 3.40. The standard InChI is InChI=1S/C30H22F3N3O4S2/c1-16-8-5-6-13-20(16)34-21(37)15-35-28-25(42-29(35)40)22(17-9-3-2-4-10-17)23-24(41-28)27(39)36(26(23)38)19-12-7-11-18(14-19)30(31,32)33/h2-14,22-24H,15H2,1H3,(H,34,37). The van der Waals surface area contributed by atoms with E-state index in [4.69, 9.17) is 0 Å². The van der Waals surface area contributed by atoms with E-state index >= 15 is 0 Å². The molecule has 7 nitrogen and oxygen atoms in total. The summed E-state index contributed by atoms with van der Waals surface area (Å²) in [4.78, 5) is 54.8. The van der Waals surface area contributed by atoms with Gasteiger partial charge in [0.2, 0.25) is 17.7 Å². The number of benzene rings is 3. The van der Waals surface area contributed by atoms with Crippen molar-refractivity contribution in [1.29, 1.82) is 0 Å². The number of para-hydroxylation sites is 1.